The molecule has 1 amide bonds. The van der Waals surface area contributed by atoms with E-state index in [1.807, 2.05) is 39.0 Å². The summed E-state index contributed by atoms with van der Waals surface area (Å²) >= 11 is 0. The van der Waals surface area contributed by atoms with E-state index in [0.29, 0.717) is 6.54 Å². The second kappa shape index (κ2) is 6.27. The summed E-state index contributed by atoms with van der Waals surface area (Å²) in [5, 5.41) is 6.75. The summed E-state index contributed by atoms with van der Waals surface area (Å²) in [5.41, 5.74) is 0.848. The second-order valence-corrected chi connectivity index (χ2v) is 4.81. The summed E-state index contributed by atoms with van der Waals surface area (Å²) < 4.78 is 0. The van der Waals surface area contributed by atoms with Crippen LogP contribution in [0.1, 0.15) is 42.9 Å². The molecule has 0 saturated carbocycles. The molecule has 0 aromatic carbocycles. The first-order chi connectivity index (χ1) is 9.61. The Labute approximate surface area is 118 Å². The predicted molar refractivity (Wildman–Crippen MR) is 75.0 cm³/mol. The van der Waals surface area contributed by atoms with Gasteiger partial charge in [0.25, 0.3) is 5.91 Å². The van der Waals surface area contributed by atoms with E-state index in [1.54, 1.807) is 11.1 Å². The van der Waals surface area contributed by atoms with Crippen molar-refractivity contribution in [2.24, 2.45) is 0 Å². The minimum absolute atomic E-state index is 0.0492. The Hall–Kier alpha value is -2.24. The fraction of sp³-hybridized carbons (Fsp3) is 0.429. The lowest BCUT2D eigenvalue weighted by atomic mass is 10.2. The molecule has 0 bridgehead atoms. The van der Waals surface area contributed by atoms with Crippen LogP contribution < -0.4 is 0 Å². The molecule has 0 saturated heterocycles. The normalized spacial score (nSPS) is 10.8. The number of hydrogen-bond donors (Lipinski definition) is 1. The van der Waals surface area contributed by atoms with E-state index in [2.05, 4.69) is 20.2 Å². The first-order valence-corrected chi connectivity index (χ1v) is 6.74. The number of nitrogens with one attached hydrogen (secondary N) is 1. The van der Waals surface area contributed by atoms with Crippen molar-refractivity contribution in [2.45, 2.75) is 39.8 Å². The van der Waals surface area contributed by atoms with E-state index in [4.69, 9.17) is 0 Å². The van der Waals surface area contributed by atoms with Crippen LogP contribution in [0.15, 0.2) is 24.4 Å². The van der Waals surface area contributed by atoms with Crippen LogP contribution in [0.25, 0.3) is 0 Å². The van der Waals surface area contributed by atoms with Gasteiger partial charge in [0.1, 0.15) is 5.82 Å². The molecule has 0 fully saturated rings. The number of carbonyl (C=O) groups excluding carboxylic acids is 1. The summed E-state index contributed by atoms with van der Waals surface area (Å²) in [6, 6.07) is 5.72. The highest BCUT2D eigenvalue weighted by Crippen LogP contribution is 2.10. The number of rotatable bonds is 5. The largest absolute Gasteiger partial charge is 0.328 e. The molecule has 1 N–H and O–H groups in total. The first kappa shape index (κ1) is 14.2. The number of H-pyrrole nitrogens is 1. The number of aromatic amines is 1. The van der Waals surface area contributed by atoms with Crippen molar-refractivity contribution in [3.05, 3.63) is 41.7 Å². The number of hydrogen-bond acceptors (Lipinski definition) is 4. The molecule has 0 spiro atoms. The maximum atomic E-state index is 12.5. The van der Waals surface area contributed by atoms with Crippen molar-refractivity contribution < 1.29 is 4.79 Å². The Bertz CT molecular complexity index is 564. The fourth-order valence-electron chi connectivity index (χ4n) is 1.83. The number of amides is 1. The quantitative estimate of drug-likeness (QED) is 0.901. The van der Waals surface area contributed by atoms with Crippen molar-refractivity contribution in [1.29, 1.82) is 0 Å². The maximum absolute atomic E-state index is 12.5. The van der Waals surface area contributed by atoms with Crippen molar-refractivity contribution >= 4 is 5.91 Å². The number of aromatic nitrogens is 4. The standard InChI is InChI=1S/C14H19N5O/c1-4-12-16-13(18-17-12)14(20)19(10(2)3)9-11-7-5-6-8-15-11/h5-8,10H,4,9H2,1-3H3,(H,16,17,18). The molecule has 20 heavy (non-hydrogen) atoms. The van der Waals surface area contributed by atoms with Gasteiger partial charge in [0.05, 0.1) is 12.2 Å². The van der Waals surface area contributed by atoms with Crippen molar-refractivity contribution in [1.82, 2.24) is 25.1 Å². The third kappa shape index (κ3) is 3.20. The van der Waals surface area contributed by atoms with Crippen molar-refractivity contribution in [3.8, 4) is 0 Å². The summed E-state index contributed by atoms with van der Waals surface area (Å²) in [5.74, 6) is 0.753. The Morgan fingerprint density at radius 2 is 2.20 bits per heavy atom. The number of carbonyl (C=O) groups is 1. The van der Waals surface area contributed by atoms with E-state index < -0.39 is 0 Å². The Balaban J connectivity index is 2.18. The van der Waals surface area contributed by atoms with Gasteiger partial charge in [0, 0.05) is 18.7 Å². The van der Waals surface area contributed by atoms with Crippen LogP contribution >= 0.6 is 0 Å². The highest BCUT2D eigenvalue weighted by molar-refractivity contribution is 5.90. The smallest absolute Gasteiger partial charge is 0.294 e. The summed E-state index contributed by atoms with van der Waals surface area (Å²) in [4.78, 5) is 22.6. The summed E-state index contributed by atoms with van der Waals surface area (Å²) in [7, 11) is 0. The molecule has 2 aromatic heterocycles. The molecule has 2 aromatic rings. The summed E-state index contributed by atoms with van der Waals surface area (Å²) in [6.45, 7) is 6.35. The van der Waals surface area contributed by atoms with Gasteiger partial charge in [-0.05, 0) is 26.0 Å². The van der Waals surface area contributed by atoms with Crippen LogP contribution in [0, 0.1) is 0 Å². The highest BCUT2D eigenvalue weighted by atomic mass is 16.2. The predicted octanol–water partition coefficient (Wildman–Crippen LogP) is 1.81. The Morgan fingerprint density at radius 1 is 1.40 bits per heavy atom. The molecule has 0 radical (unpaired) electrons. The zero-order valence-corrected chi connectivity index (χ0v) is 12.0. The van der Waals surface area contributed by atoms with E-state index in [1.165, 1.54) is 0 Å². The van der Waals surface area contributed by atoms with Gasteiger partial charge < -0.3 is 4.90 Å². The lowest BCUT2D eigenvalue weighted by Crippen LogP contribution is -2.37. The lowest BCUT2D eigenvalue weighted by molar-refractivity contribution is 0.0675. The van der Waals surface area contributed by atoms with Gasteiger partial charge in [-0.3, -0.25) is 14.9 Å². The first-order valence-electron chi connectivity index (χ1n) is 6.74. The second-order valence-electron chi connectivity index (χ2n) is 4.81. The van der Waals surface area contributed by atoms with Crippen molar-refractivity contribution in [2.75, 3.05) is 0 Å². The van der Waals surface area contributed by atoms with Crippen LogP contribution in [0.4, 0.5) is 0 Å². The van der Waals surface area contributed by atoms with Crippen LogP contribution in [0.5, 0.6) is 0 Å². The Morgan fingerprint density at radius 3 is 2.75 bits per heavy atom. The molecule has 2 rings (SSSR count). The molecule has 6 nitrogen and oxygen atoms in total. The average molecular weight is 273 g/mol. The Kier molecular flexibility index (Phi) is 4.45. The number of aryl methyl sites for hydroxylation is 1. The molecule has 0 unspecified atom stereocenters. The minimum Gasteiger partial charge on any atom is -0.328 e. The SMILES string of the molecule is CCc1nc(C(=O)N(Cc2ccccn2)C(C)C)n[nH]1. The lowest BCUT2D eigenvalue weighted by Gasteiger charge is -2.25. The number of pyridine rings is 1. The fourth-order valence-corrected chi connectivity index (χ4v) is 1.83. The molecule has 6 heteroatoms. The monoisotopic (exact) mass is 273 g/mol. The summed E-state index contributed by atoms with van der Waals surface area (Å²) in [6.07, 6.45) is 2.45. The molecular formula is C14H19N5O. The average Bonchev–Trinajstić information content (AvgIpc) is 2.94. The van der Waals surface area contributed by atoms with Gasteiger partial charge in [-0.1, -0.05) is 13.0 Å². The number of nitrogens with zero attached hydrogens (tertiary/aromatic N) is 4. The molecule has 2 heterocycles. The molecular weight excluding hydrogens is 254 g/mol. The molecule has 0 aliphatic carbocycles. The minimum atomic E-state index is -0.179. The van der Waals surface area contributed by atoms with Gasteiger partial charge in [-0.25, -0.2) is 4.98 Å². The van der Waals surface area contributed by atoms with E-state index >= 15 is 0 Å². The van der Waals surface area contributed by atoms with E-state index in [-0.39, 0.29) is 17.8 Å². The van der Waals surface area contributed by atoms with Crippen LogP contribution in [-0.4, -0.2) is 37.0 Å². The van der Waals surface area contributed by atoms with Gasteiger partial charge >= 0.3 is 0 Å². The zero-order chi connectivity index (χ0) is 14.5. The zero-order valence-electron chi connectivity index (χ0n) is 12.0. The van der Waals surface area contributed by atoms with Gasteiger partial charge in [0.15, 0.2) is 0 Å². The van der Waals surface area contributed by atoms with E-state index in [9.17, 15) is 4.79 Å². The topological polar surface area (TPSA) is 74.8 Å². The molecule has 0 aliphatic heterocycles. The van der Waals surface area contributed by atoms with Gasteiger partial charge in [-0.15, -0.1) is 5.10 Å². The molecule has 0 aliphatic rings. The third-order valence-electron chi connectivity index (χ3n) is 3.00. The van der Waals surface area contributed by atoms with Gasteiger partial charge in [0.2, 0.25) is 5.82 Å². The van der Waals surface area contributed by atoms with Crippen LogP contribution in [0.2, 0.25) is 0 Å². The van der Waals surface area contributed by atoms with Crippen molar-refractivity contribution in [3.63, 3.8) is 0 Å². The van der Waals surface area contributed by atoms with Crippen LogP contribution in [-0.2, 0) is 13.0 Å². The van der Waals surface area contributed by atoms with Crippen LogP contribution in [0.3, 0.4) is 0 Å². The third-order valence-corrected chi connectivity index (χ3v) is 3.00. The molecule has 0 atom stereocenters. The maximum Gasteiger partial charge on any atom is 0.294 e. The van der Waals surface area contributed by atoms with E-state index in [0.717, 1.165) is 17.9 Å². The highest BCUT2D eigenvalue weighted by Gasteiger charge is 2.23. The molecule has 106 valence electrons. The van der Waals surface area contributed by atoms with Gasteiger partial charge in [-0.2, -0.15) is 0 Å².